The van der Waals surface area contributed by atoms with Crippen LogP contribution >= 0.6 is 23.2 Å². The van der Waals surface area contributed by atoms with Gasteiger partial charge in [0.15, 0.2) is 0 Å². The average Bonchev–Trinajstić information content (AvgIpc) is 3.13. The molecule has 18 heavy (non-hydrogen) atoms. The quantitative estimate of drug-likeness (QED) is 0.820. The SMILES string of the molecule is CC(C)C(=Cc1cccc(Cl)c1Cl)CNC1CC1. The van der Waals surface area contributed by atoms with E-state index < -0.39 is 0 Å². The third-order valence-electron chi connectivity index (χ3n) is 3.24. The lowest BCUT2D eigenvalue weighted by Gasteiger charge is -2.13. The Balaban J connectivity index is 2.16. The molecule has 1 aromatic rings. The molecule has 1 fully saturated rings. The van der Waals surface area contributed by atoms with E-state index in [4.69, 9.17) is 23.2 Å². The van der Waals surface area contributed by atoms with Crippen molar-refractivity contribution in [3.8, 4) is 0 Å². The minimum absolute atomic E-state index is 0.506. The van der Waals surface area contributed by atoms with Crippen LogP contribution in [0.15, 0.2) is 23.8 Å². The first-order valence-electron chi connectivity index (χ1n) is 6.45. The van der Waals surface area contributed by atoms with Crippen molar-refractivity contribution in [2.75, 3.05) is 6.54 Å². The topological polar surface area (TPSA) is 12.0 Å². The lowest BCUT2D eigenvalue weighted by atomic mass is 10.00. The normalized spacial score (nSPS) is 16.4. The molecule has 0 aromatic heterocycles. The van der Waals surface area contributed by atoms with Crippen LogP contribution in [0, 0.1) is 5.92 Å². The van der Waals surface area contributed by atoms with E-state index in [1.54, 1.807) is 0 Å². The molecule has 0 unspecified atom stereocenters. The zero-order valence-corrected chi connectivity index (χ0v) is 12.4. The van der Waals surface area contributed by atoms with Crippen LogP contribution in [0.3, 0.4) is 0 Å². The van der Waals surface area contributed by atoms with Gasteiger partial charge in [-0.1, -0.05) is 60.8 Å². The molecule has 1 aliphatic rings. The lowest BCUT2D eigenvalue weighted by Crippen LogP contribution is -2.21. The molecule has 1 aromatic carbocycles. The van der Waals surface area contributed by atoms with Crippen LogP contribution in [0.25, 0.3) is 6.08 Å². The van der Waals surface area contributed by atoms with Gasteiger partial charge in [0, 0.05) is 12.6 Å². The molecule has 1 nitrogen and oxygen atoms in total. The van der Waals surface area contributed by atoms with Gasteiger partial charge in [-0.2, -0.15) is 0 Å². The first-order valence-corrected chi connectivity index (χ1v) is 7.21. The van der Waals surface area contributed by atoms with Gasteiger partial charge < -0.3 is 5.32 Å². The maximum Gasteiger partial charge on any atom is 0.0664 e. The Morgan fingerprint density at radius 1 is 1.39 bits per heavy atom. The first-order chi connectivity index (χ1) is 8.58. The molecule has 0 atom stereocenters. The van der Waals surface area contributed by atoms with Gasteiger partial charge in [0.25, 0.3) is 0 Å². The van der Waals surface area contributed by atoms with Crippen LogP contribution in [0.4, 0.5) is 0 Å². The van der Waals surface area contributed by atoms with E-state index in [-0.39, 0.29) is 0 Å². The van der Waals surface area contributed by atoms with E-state index in [0.29, 0.717) is 16.0 Å². The number of nitrogens with one attached hydrogen (secondary N) is 1. The molecule has 0 spiro atoms. The summed E-state index contributed by atoms with van der Waals surface area (Å²) in [6.07, 6.45) is 4.78. The monoisotopic (exact) mass is 283 g/mol. The van der Waals surface area contributed by atoms with Crippen molar-refractivity contribution < 1.29 is 0 Å². The third-order valence-corrected chi connectivity index (χ3v) is 4.07. The maximum absolute atomic E-state index is 6.22. The summed E-state index contributed by atoms with van der Waals surface area (Å²) in [6, 6.07) is 6.49. The zero-order valence-electron chi connectivity index (χ0n) is 10.8. The van der Waals surface area contributed by atoms with Crippen molar-refractivity contribution in [3.05, 3.63) is 39.4 Å². The molecule has 0 bridgehead atoms. The van der Waals surface area contributed by atoms with Crippen LogP contribution in [-0.4, -0.2) is 12.6 Å². The summed E-state index contributed by atoms with van der Waals surface area (Å²) < 4.78 is 0. The van der Waals surface area contributed by atoms with Gasteiger partial charge in [-0.05, 0) is 30.4 Å². The molecule has 1 saturated carbocycles. The molecule has 0 aliphatic heterocycles. The molecule has 0 heterocycles. The van der Waals surface area contributed by atoms with Crippen molar-refractivity contribution in [3.63, 3.8) is 0 Å². The minimum atomic E-state index is 0.506. The predicted molar refractivity (Wildman–Crippen MR) is 80.3 cm³/mol. The maximum atomic E-state index is 6.22. The van der Waals surface area contributed by atoms with Crippen LogP contribution in [0.2, 0.25) is 10.0 Å². The Morgan fingerprint density at radius 3 is 2.72 bits per heavy atom. The molecule has 0 saturated heterocycles. The summed E-state index contributed by atoms with van der Waals surface area (Å²) in [5.41, 5.74) is 2.37. The summed E-state index contributed by atoms with van der Waals surface area (Å²) >= 11 is 12.3. The fraction of sp³-hybridized carbons (Fsp3) is 0.467. The second-order valence-electron chi connectivity index (χ2n) is 5.17. The van der Waals surface area contributed by atoms with Gasteiger partial charge in [-0.15, -0.1) is 0 Å². The Bertz CT molecular complexity index is 448. The average molecular weight is 284 g/mol. The molecular formula is C15H19Cl2N. The molecule has 0 amide bonds. The fourth-order valence-corrected chi connectivity index (χ4v) is 2.17. The zero-order chi connectivity index (χ0) is 13.1. The molecule has 0 radical (unpaired) electrons. The van der Waals surface area contributed by atoms with Crippen LogP contribution in [-0.2, 0) is 0 Å². The van der Waals surface area contributed by atoms with Gasteiger partial charge in [-0.3, -0.25) is 0 Å². The summed E-state index contributed by atoms with van der Waals surface area (Å²) in [6.45, 7) is 5.35. The number of hydrogen-bond donors (Lipinski definition) is 1. The van der Waals surface area contributed by atoms with E-state index >= 15 is 0 Å². The highest BCUT2D eigenvalue weighted by Crippen LogP contribution is 2.28. The highest BCUT2D eigenvalue weighted by molar-refractivity contribution is 6.42. The highest BCUT2D eigenvalue weighted by atomic mass is 35.5. The summed E-state index contributed by atoms with van der Waals surface area (Å²) in [5.74, 6) is 0.506. The van der Waals surface area contributed by atoms with Crippen LogP contribution in [0.5, 0.6) is 0 Å². The van der Waals surface area contributed by atoms with Gasteiger partial charge in [0.2, 0.25) is 0 Å². The van der Waals surface area contributed by atoms with Crippen molar-refractivity contribution in [1.82, 2.24) is 5.32 Å². The highest BCUT2D eigenvalue weighted by Gasteiger charge is 2.20. The summed E-state index contributed by atoms with van der Waals surface area (Å²) in [5, 5.41) is 4.80. The van der Waals surface area contributed by atoms with Gasteiger partial charge in [0.05, 0.1) is 10.0 Å². The molecule has 3 heteroatoms. The minimum Gasteiger partial charge on any atom is -0.310 e. The number of hydrogen-bond acceptors (Lipinski definition) is 1. The number of benzene rings is 1. The van der Waals surface area contributed by atoms with Crippen LogP contribution in [0.1, 0.15) is 32.3 Å². The molecular weight excluding hydrogens is 265 g/mol. The van der Waals surface area contributed by atoms with E-state index in [1.165, 1.54) is 18.4 Å². The smallest absolute Gasteiger partial charge is 0.0664 e. The first kappa shape index (κ1) is 13.9. The van der Waals surface area contributed by atoms with Crippen molar-refractivity contribution >= 4 is 29.3 Å². The Kier molecular flexibility index (Phi) is 4.71. The summed E-state index contributed by atoms with van der Waals surface area (Å²) in [4.78, 5) is 0. The second kappa shape index (κ2) is 6.10. The van der Waals surface area contributed by atoms with Crippen molar-refractivity contribution in [1.29, 1.82) is 0 Å². The predicted octanol–water partition coefficient (Wildman–Crippen LogP) is 4.78. The second-order valence-corrected chi connectivity index (χ2v) is 5.96. The van der Waals surface area contributed by atoms with E-state index in [1.807, 2.05) is 18.2 Å². The number of rotatable bonds is 5. The Labute approximate surface area is 119 Å². The molecule has 98 valence electrons. The number of halogens is 2. The fourth-order valence-electron chi connectivity index (χ4n) is 1.80. The molecule has 1 aliphatic carbocycles. The Morgan fingerprint density at radius 2 is 2.11 bits per heavy atom. The Hall–Kier alpha value is -0.500. The van der Waals surface area contributed by atoms with Gasteiger partial charge >= 0.3 is 0 Å². The van der Waals surface area contributed by atoms with Gasteiger partial charge in [0.1, 0.15) is 0 Å². The molecule has 2 rings (SSSR count). The van der Waals surface area contributed by atoms with E-state index in [2.05, 4.69) is 25.2 Å². The van der Waals surface area contributed by atoms with E-state index in [0.717, 1.165) is 18.2 Å². The van der Waals surface area contributed by atoms with E-state index in [9.17, 15) is 0 Å². The van der Waals surface area contributed by atoms with Gasteiger partial charge in [-0.25, -0.2) is 0 Å². The lowest BCUT2D eigenvalue weighted by molar-refractivity contribution is 0.662. The molecule has 1 N–H and O–H groups in total. The van der Waals surface area contributed by atoms with Crippen molar-refractivity contribution in [2.24, 2.45) is 5.92 Å². The van der Waals surface area contributed by atoms with Crippen molar-refractivity contribution in [2.45, 2.75) is 32.7 Å². The third kappa shape index (κ3) is 3.74. The van der Waals surface area contributed by atoms with Crippen LogP contribution < -0.4 is 5.32 Å². The largest absolute Gasteiger partial charge is 0.310 e. The standard InChI is InChI=1S/C15H19Cl2N/c1-10(2)12(9-18-13-6-7-13)8-11-4-3-5-14(16)15(11)17/h3-5,8,10,13,18H,6-7,9H2,1-2H3. The summed E-state index contributed by atoms with van der Waals surface area (Å²) in [7, 11) is 0.